The van der Waals surface area contributed by atoms with Crippen molar-refractivity contribution in [3.8, 4) is 6.07 Å². The van der Waals surface area contributed by atoms with E-state index in [0.717, 1.165) is 49.5 Å². The van der Waals surface area contributed by atoms with Crippen LogP contribution >= 0.6 is 0 Å². The third-order valence-corrected chi connectivity index (χ3v) is 6.50. The molecule has 7 nitrogen and oxygen atoms in total. The molecule has 0 saturated carbocycles. The first-order valence-electron chi connectivity index (χ1n) is 11.7. The van der Waals surface area contributed by atoms with Crippen LogP contribution in [0.2, 0.25) is 0 Å². The number of benzene rings is 2. The molecule has 1 amide bonds. The minimum absolute atomic E-state index is 0.00528. The first kappa shape index (κ1) is 22.1. The number of aromatic nitrogens is 2. The third-order valence-electron chi connectivity index (χ3n) is 6.50. The Morgan fingerprint density at radius 2 is 1.79 bits per heavy atom. The molecule has 0 aliphatic carbocycles. The molecule has 0 N–H and O–H groups in total. The lowest BCUT2D eigenvalue weighted by atomic mass is 10.1. The second-order valence-electron chi connectivity index (χ2n) is 8.91. The Morgan fingerprint density at radius 1 is 1.03 bits per heavy atom. The van der Waals surface area contributed by atoms with E-state index < -0.39 is 0 Å². The van der Waals surface area contributed by atoms with Gasteiger partial charge in [-0.15, -0.1) is 0 Å². The van der Waals surface area contributed by atoms with E-state index in [9.17, 15) is 10.1 Å². The van der Waals surface area contributed by atoms with Gasteiger partial charge in [-0.25, -0.2) is 4.68 Å². The summed E-state index contributed by atoms with van der Waals surface area (Å²) in [6, 6.07) is 20.9. The summed E-state index contributed by atoms with van der Waals surface area (Å²) in [6.45, 7) is 7.31. The van der Waals surface area contributed by atoms with E-state index in [-0.39, 0.29) is 5.91 Å². The van der Waals surface area contributed by atoms with E-state index in [1.165, 1.54) is 5.56 Å². The van der Waals surface area contributed by atoms with Crippen LogP contribution in [0.1, 0.15) is 22.3 Å². The number of carbonyl (C=O) groups excluding carboxylic acids is 1. The van der Waals surface area contributed by atoms with E-state index in [4.69, 9.17) is 0 Å². The SMILES string of the molecule is Cc1cccc(C2=CCN(C(=O)CN3CCN(Cc4ccccc4)CC3)c3c(C#N)cnn32)c1. The first-order chi connectivity index (χ1) is 16.6. The molecular weight excluding hydrogens is 424 g/mol. The molecule has 3 aromatic rings. The molecule has 34 heavy (non-hydrogen) atoms. The smallest absolute Gasteiger partial charge is 0.242 e. The summed E-state index contributed by atoms with van der Waals surface area (Å²) in [5.74, 6) is 0.559. The van der Waals surface area contributed by atoms with Crippen molar-refractivity contribution in [3.05, 3.63) is 89.1 Å². The zero-order chi connectivity index (χ0) is 23.5. The maximum atomic E-state index is 13.4. The van der Waals surface area contributed by atoms with E-state index in [0.29, 0.717) is 24.5 Å². The quantitative estimate of drug-likeness (QED) is 0.595. The van der Waals surface area contributed by atoms with Crippen LogP contribution in [-0.4, -0.2) is 64.8 Å². The molecule has 7 heteroatoms. The zero-order valence-corrected chi connectivity index (χ0v) is 19.4. The topological polar surface area (TPSA) is 68.4 Å². The van der Waals surface area contributed by atoms with Crippen molar-refractivity contribution in [1.82, 2.24) is 19.6 Å². The molecule has 2 aliphatic heterocycles. The minimum atomic E-state index is -0.00528. The van der Waals surface area contributed by atoms with Crippen LogP contribution in [0.25, 0.3) is 5.70 Å². The van der Waals surface area contributed by atoms with E-state index in [2.05, 4.69) is 51.3 Å². The molecule has 0 spiro atoms. The number of carbonyl (C=O) groups is 1. The highest BCUT2D eigenvalue weighted by Crippen LogP contribution is 2.31. The number of amides is 1. The van der Waals surface area contributed by atoms with Crippen molar-refractivity contribution in [3.63, 3.8) is 0 Å². The van der Waals surface area contributed by atoms with Crippen molar-refractivity contribution in [1.29, 1.82) is 5.26 Å². The van der Waals surface area contributed by atoms with Gasteiger partial charge in [0.05, 0.1) is 18.4 Å². The van der Waals surface area contributed by atoms with Gasteiger partial charge in [-0.3, -0.25) is 19.5 Å². The number of nitrogens with zero attached hydrogens (tertiary/aromatic N) is 6. The molecule has 2 aliphatic rings. The number of hydrogen-bond donors (Lipinski definition) is 0. The molecule has 1 aromatic heterocycles. The van der Waals surface area contributed by atoms with Crippen LogP contribution in [0.4, 0.5) is 5.82 Å². The molecule has 0 radical (unpaired) electrons. The van der Waals surface area contributed by atoms with Crippen LogP contribution in [0.3, 0.4) is 0 Å². The summed E-state index contributed by atoms with van der Waals surface area (Å²) in [4.78, 5) is 19.7. The number of rotatable bonds is 5. The summed E-state index contributed by atoms with van der Waals surface area (Å²) in [6.07, 6.45) is 3.57. The average Bonchev–Trinajstić information content (AvgIpc) is 3.29. The molecular formula is C27H28N6O. The highest BCUT2D eigenvalue weighted by Gasteiger charge is 2.30. The Balaban J connectivity index is 1.27. The van der Waals surface area contributed by atoms with Gasteiger partial charge in [0.15, 0.2) is 5.82 Å². The maximum Gasteiger partial charge on any atom is 0.242 e. The molecule has 172 valence electrons. The van der Waals surface area contributed by atoms with E-state index in [1.807, 2.05) is 37.3 Å². The standard InChI is InChI=1S/C27H28N6O/c1-21-6-5-9-23(16-21)25-10-11-32(27-24(17-28)18-29-33(25)27)26(34)20-31-14-12-30(13-15-31)19-22-7-3-2-4-8-22/h2-10,16,18H,11-15,19-20H2,1H3. The summed E-state index contributed by atoms with van der Waals surface area (Å²) < 4.78 is 1.73. The van der Waals surface area contributed by atoms with Crippen molar-refractivity contribution in [2.24, 2.45) is 0 Å². The van der Waals surface area contributed by atoms with Gasteiger partial charge in [-0.2, -0.15) is 10.4 Å². The van der Waals surface area contributed by atoms with Gasteiger partial charge in [0, 0.05) is 44.8 Å². The van der Waals surface area contributed by atoms with E-state index >= 15 is 0 Å². The molecule has 0 unspecified atom stereocenters. The first-order valence-corrected chi connectivity index (χ1v) is 11.7. The van der Waals surface area contributed by atoms with Gasteiger partial charge in [-0.1, -0.05) is 54.1 Å². The number of piperazine rings is 1. The Morgan fingerprint density at radius 3 is 2.53 bits per heavy atom. The molecule has 1 fully saturated rings. The van der Waals surface area contributed by atoms with Crippen molar-refractivity contribution >= 4 is 17.4 Å². The van der Waals surface area contributed by atoms with Gasteiger partial charge in [0.1, 0.15) is 11.6 Å². The second-order valence-corrected chi connectivity index (χ2v) is 8.91. The lowest BCUT2D eigenvalue weighted by Crippen LogP contribution is -2.50. The predicted molar refractivity (Wildman–Crippen MR) is 132 cm³/mol. The predicted octanol–water partition coefficient (Wildman–Crippen LogP) is 3.12. The fourth-order valence-electron chi connectivity index (χ4n) is 4.70. The Hall–Kier alpha value is -3.73. The van der Waals surface area contributed by atoms with Crippen LogP contribution in [-0.2, 0) is 11.3 Å². The van der Waals surface area contributed by atoms with Crippen LogP contribution in [0.5, 0.6) is 0 Å². The summed E-state index contributed by atoms with van der Waals surface area (Å²) in [5, 5.41) is 14.1. The average molecular weight is 453 g/mol. The van der Waals surface area contributed by atoms with Gasteiger partial charge in [0.2, 0.25) is 5.91 Å². The Kier molecular flexibility index (Phi) is 6.26. The molecule has 1 saturated heterocycles. The van der Waals surface area contributed by atoms with Crippen molar-refractivity contribution in [2.75, 3.05) is 44.2 Å². The van der Waals surface area contributed by atoms with Gasteiger partial charge in [-0.05, 0) is 24.6 Å². The lowest BCUT2D eigenvalue weighted by molar-refractivity contribution is -0.120. The fourth-order valence-corrected chi connectivity index (χ4v) is 4.70. The summed E-state index contributed by atoms with van der Waals surface area (Å²) in [5.41, 5.74) is 4.81. The Bertz CT molecular complexity index is 1250. The second kappa shape index (κ2) is 9.64. The lowest BCUT2D eigenvalue weighted by Gasteiger charge is -2.36. The van der Waals surface area contributed by atoms with Crippen molar-refractivity contribution in [2.45, 2.75) is 13.5 Å². The highest BCUT2D eigenvalue weighted by atomic mass is 16.2. The van der Waals surface area contributed by atoms with Crippen molar-refractivity contribution < 1.29 is 4.79 Å². The van der Waals surface area contributed by atoms with Crippen LogP contribution in [0.15, 0.2) is 66.9 Å². The normalized spacial score (nSPS) is 16.6. The van der Waals surface area contributed by atoms with Gasteiger partial charge >= 0.3 is 0 Å². The molecule has 0 atom stereocenters. The monoisotopic (exact) mass is 452 g/mol. The highest BCUT2D eigenvalue weighted by molar-refractivity contribution is 5.97. The molecule has 2 aromatic carbocycles. The van der Waals surface area contributed by atoms with Gasteiger partial charge in [0.25, 0.3) is 0 Å². The van der Waals surface area contributed by atoms with E-state index in [1.54, 1.807) is 15.8 Å². The number of fused-ring (bicyclic) bond motifs is 1. The third kappa shape index (κ3) is 4.51. The largest absolute Gasteiger partial charge is 0.297 e. The maximum absolute atomic E-state index is 13.4. The fraction of sp³-hybridized carbons (Fsp3) is 0.296. The number of aryl methyl sites for hydroxylation is 1. The number of nitriles is 1. The molecule has 0 bridgehead atoms. The number of anilines is 1. The summed E-state index contributed by atoms with van der Waals surface area (Å²) >= 11 is 0. The zero-order valence-electron chi connectivity index (χ0n) is 19.4. The van der Waals surface area contributed by atoms with Gasteiger partial charge < -0.3 is 0 Å². The molecule has 5 rings (SSSR count). The Labute approximate surface area is 200 Å². The molecule has 3 heterocycles. The van der Waals surface area contributed by atoms with Crippen LogP contribution < -0.4 is 4.90 Å². The van der Waals surface area contributed by atoms with Crippen LogP contribution in [0, 0.1) is 18.3 Å². The summed E-state index contributed by atoms with van der Waals surface area (Å²) in [7, 11) is 0. The number of hydrogen-bond acceptors (Lipinski definition) is 5. The minimum Gasteiger partial charge on any atom is -0.297 e.